The molecule has 0 aliphatic heterocycles. The molecule has 0 saturated heterocycles. The normalized spacial score (nSPS) is 11.8. The van der Waals surface area contributed by atoms with Crippen molar-refractivity contribution in [2.24, 2.45) is 0 Å². The Hall–Kier alpha value is -2.36. The van der Waals surface area contributed by atoms with Gasteiger partial charge in [-0.15, -0.1) is 0 Å². The molecule has 0 radical (unpaired) electrons. The topological polar surface area (TPSA) is 38.3 Å². The molecule has 0 heterocycles. The van der Waals surface area contributed by atoms with E-state index in [0.29, 0.717) is 5.75 Å². The average molecular weight is 287 g/mol. The van der Waals surface area contributed by atoms with Crippen molar-refractivity contribution >= 4 is 11.6 Å². The molecule has 1 amide bonds. The Bertz CT molecular complexity index is 635. The van der Waals surface area contributed by atoms with Gasteiger partial charge in [-0.1, -0.05) is 30.3 Å². The summed E-state index contributed by atoms with van der Waals surface area (Å²) in [6.45, 7) is 5.48. The van der Waals surface area contributed by atoms with E-state index in [1.54, 1.807) is 19.1 Å². The van der Waals surface area contributed by atoms with Crippen molar-refractivity contribution in [3.05, 3.63) is 59.4 Å². The fraction of sp³-hybridized carbons (Fsp3) is 0.235. The van der Waals surface area contributed by atoms with E-state index < -0.39 is 11.9 Å². The lowest BCUT2D eigenvalue weighted by Gasteiger charge is -2.18. The maximum atomic E-state index is 13.5. The Labute approximate surface area is 123 Å². The van der Waals surface area contributed by atoms with Crippen LogP contribution in [0, 0.1) is 19.7 Å². The number of hydrogen-bond donors (Lipinski definition) is 1. The van der Waals surface area contributed by atoms with Crippen LogP contribution in [0.15, 0.2) is 42.5 Å². The third-order valence-electron chi connectivity index (χ3n) is 3.20. The van der Waals surface area contributed by atoms with Gasteiger partial charge in [-0.05, 0) is 44.0 Å². The summed E-state index contributed by atoms with van der Waals surface area (Å²) in [6, 6.07) is 11.8. The summed E-state index contributed by atoms with van der Waals surface area (Å²) in [6.07, 6.45) is -0.718. The summed E-state index contributed by atoms with van der Waals surface area (Å²) in [5.74, 6) is -0.165. The Morgan fingerprint density at radius 1 is 1.10 bits per heavy atom. The lowest BCUT2D eigenvalue weighted by molar-refractivity contribution is -0.122. The van der Waals surface area contributed by atoms with Crippen molar-refractivity contribution in [3.63, 3.8) is 0 Å². The molecule has 2 aromatic rings. The van der Waals surface area contributed by atoms with E-state index in [1.165, 1.54) is 12.1 Å². The highest BCUT2D eigenvalue weighted by Gasteiger charge is 2.18. The first-order chi connectivity index (χ1) is 9.99. The first kappa shape index (κ1) is 15.0. The van der Waals surface area contributed by atoms with Crippen LogP contribution >= 0.6 is 0 Å². The van der Waals surface area contributed by atoms with Gasteiger partial charge in [0.2, 0.25) is 0 Å². The van der Waals surface area contributed by atoms with E-state index in [4.69, 9.17) is 4.74 Å². The van der Waals surface area contributed by atoms with Crippen molar-refractivity contribution in [2.45, 2.75) is 26.9 Å². The predicted molar refractivity (Wildman–Crippen MR) is 81.0 cm³/mol. The third-order valence-corrected chi connectivity index (χ3v) is 3.20. The standard InChI is InChI=1S/C17H18FNO2/c1-11-7-6-8-12(2)16(11)21-13(3)17(20)19-15-10-5-4-9-14(15)18/h4-10,13H,1-3H3,(H,19,20)/t13-/m1/s1. The van der Waals surface area contributed by atoms with E-state index in [1.807, 2.05) is 32.0 Å². The second kappa shape index (κ2) is 6.39. The number of rotatable bonds is 4. The highest BCUT2D eigenvalue weighted by Crippen LogP contribution is 2.24. The number of carbonyl (C=O) groups excluding carboxylic acids is 1. The van der Waals surface area contributed by atoms with E-state index >= 15 is 0 Å². The van der Waals surface area contributed by atoms with Gasteiger partial charge in [0.1, 0.15) is 11.6 Å². The number of aryl methyl sites for hydroxylation is 2. The summed E-state index contributed by atoms with van der Waals surface area (Å²) >= 11 is 0. The molecular formula is C17H18FNO2. The number of benzene rings is 2. The summed E-state index contributed by atoms with van der Waals surface area (Å²) in [5.41, 5.74) is 2.07. The number of halogens is 1. The molecule has 3 nitrogen and oxygen atoms in total. The maximum absolute atomic E-state index is 13.5. The quantitative estimate of drug-likeness (QED) is 0.927. The number of anilines is 1. The number of ether oxygens (including phenoxy) is 1. The van der Waals surface area contributed by atoms with Crippen molar-refractivity contribution < 1.29 is 13.9 Å². The SMILES string of the molecule is Cc1cccc(C)c1O[C@H](C)C(=O)Nc1ccccc1F. The molecule has 0 bridgehead atoms. The smallest absolute Gasteiger partial charge is 0.265 e. The molecule has 0 spiro atoms. The molecule has 110 valence electrons. The number of amides is 1. The Morgan fingerprint density at radius 2 is 1.71 bits per heavy atom. The van der Waals surface area contributed by atoms with Gasteiger partial charge >= 0.3 is 0 Å². The van der Waals surface area contributed by atoms with Crippen LogP contribution in [0.5, 0.6) is 5.75 Å². The van der Waals surface area contributed by atoms with Gasteiger partial charge in [-0.3, -0.25) is 4.79 Å². The number of nitrogens with one attached hydrogen (secondary N) is 1. The van der Waals surface area contributed by atoms with E-state index in [0.717, 1.165) is 11.1 Å². The molecule has 2 rings (SSSR count). The first-order valence-corrected chi connectivity index (χ1v) is 6.77. The van der Waals surface area contributed by atoms with Crippen molar-refractivity contribution in [1.82, 2.24) is 0 Å². The van der Waals surface area contributed by atoms with Crippen LogP contribution in [0.3, 0.4) is 0 Å². The molecule has 0 unspecified atom stereocenters. The van der Waals surface area contributed by atoms with Crippen LogP contribution in [-0.2, 0) is 4.79 Å². The Balaban J connectivity index is 2.08. The van der Waals surface area contributed by atoms with Crippen LogP contribution in [0.1, 0.15) is 18.1 Å². The van der Waals surface area contributed by atoms with Crippen LogP contribution in [0.4, 0.5) is 10.1 Å². The summed E-state index contributed by atoms with van der Waals surface area (Å²) in [5, 5.41) is 2.53. The van der Waals surface area contributed by atoms with Gasteiger partial charge in [0, 0.05) is 0 Å². The van der Waals surface area contributed by atoms with Gasteiger partial charge < -0.3 is 10.1 Å². The van der Waals surface area contributed by atoms with Crippen LogP contribution in [0.25, 0.3) is 0 Å². The predicted octanol–water partition coefficient (Wildman–Crippen LogP) is 3.85. The largest absolute Gasteiger partial charge is 0.480 e. The van der Waals surface area contributed by atoms with Crippen molar-refractivity contribution in [3.8, 4) is 5.75 Å². The van der Waals surface area contributed by atoms with Gasteiger partial charge in [0.05, 0.1) is 5.69 Å². The zero-order valence-electron chi connectivity index (χ0n) is 12.3. The Kier molecular flexibility index (Phi) is 4.58. The lowest BCUT2D eigenvalue weighted by atomic mass is 10.1. The minimum absolute atomic E-state index is 0.152. The molecule has 0 fully saturated rings. The van der Waals surface area contributed by atoms with Crippen LogP contribution in [0.2, 0.25) is 0 Å². The molecule has 2 aromatic carbocycles. The molecule has 0 saturated carbocycles. The molecule has 0 aliphatic carbocycles. The van der Waals surface area contributed by atoms with Gasteiger partial charge in [-0.25, -0.2) is 4.39 Å². The van der Waals surface area contributed by atoms with Gasteiger partial charge in [0.15, 0.2) is 6.10 Å². The third kappa shape index (κ3) is 3.60. The number of hydrogen-bond acceptors (Lipinski definition) is 2. The number of carbonyl (C=O) groups is 1. The molecule has 0 aliphatic rings. The molecule has 21 heavy (non-hydrogen) atoms. The Morgan fingerprint density at radius 3 is 2.33 bits per heavy atom. The fourth-order valence-electron chi connectivity index (χ4n) is 2.01. The van der Waals surface area contributed by atoms with Crippen LogP contribution < -0.4 is 10.1 Å². The van der Waals surface area contributed by atoms with Crippen molar-refractivity contribution in [1.29, 1.82) is 0 Å². The second-order valence-corrected chi connectivity index (χ2v) is 4.95. The molecular weight excluding hydrogens is 269 g/mol. The molecule has 0 aromatic heterocycles. The second-order valence-electron chi connectivity index (χ2n) is 4.95. The maximum Gasteiger partial charge on any atom is 0.265 e. The summed E-state index contributed by atoms with van der Waals surface area (Å²) in [7, 11) is 0. The lowest BCUT2D eigenvalue weighted by Crippen LogP contribution is -2.30. The van der Waals surface area contributed by atoms with E-state index in [2.05, 4.69) is 5.32 Å². The summed E-state index contributed by atoms with van der Waals surface area (Å²) in [4.78, 5) is 12.1. The van der Waals surface area contributed by atoms with Gasteiger partial charge in [-0.2, -0.15) is 0 Å². The van der Waals surface area contributed by atoms with Gasteiger partial charge in [0.25, 0.3) is 5.91 Å². The highest BCUT2D eigenvalue weighted by atomic mass is 19.1. The zero-order valence-corrected chi connectivity index (χ0v) is 12.3. The average Bonchev–Trinajstić information content (AvgIpc) is 2.45. The number of para-hydroxylation sites is 2. The van der Waals surface area contributed by atoms with Crippen LogP contribution in [-0.4, -0.2) is 12.0 Å². The van der Waals surface area contributed by atoms with Crippen molar-refractivity contribution in [2.75, 3.05) is 5.32 Å². The molecule has 1 N–H and O–H groups in total. The highest BCUT2D eigenvalue weighted by molar-refractivity contribution is 5.94. The molecule has 1 atom stereocenters. The molecule has 4 heteroatoms. The van der Waals surface area contributed by atoms with E-state index in [-0.39, 0.29) is 11.6 Å². The van der Waals surface area contributed by atoms with E-state index in [9.17, 15) is 9.18 Å². The first-order valence-electron chi connectivity index (χ1n) is 6.77. The fourth-order valence-corrected chi connectivity index (χ4v) is 2.01. The zero-order chi connectivity index (χ0) is 15.4. The minimum atomic E-state index is -0.718. The summed E-state index contributed by atoms with van der Waals surface area (Å²) < 4.78 is 19.2. The minimum Gasteiger partial charge on any atom is -0.480 e. The monoisotopic (exact) mass is 287 g/mol.